The van der Waals surface area contributed by atoms with E-state index in [4.69, 9.17) is 28.2 Å². The van der Waals surface area contributed by atoms with Crippen molar-refractivity contribution in [2.24, 2.45) is 0 Å². The fourth-order valence-electron chi connectivity index (χ4n) is 2.87. The third-order valence-corrected chi connectivity index (χ3v) is 4.40. The number of hydrogen-bond acceptors (Lipinski definition) is 1. The van der Waals surface area contributed by atoms with Crippen LogP contribution in [0.2, 0.25) is 5.02 Å². The van der Waals surface area contributed by atoms with Crippen LogP contribution in [-0.4, -0.2) is 15.4 Å². The van der Waals surface area contributed by atoms with Crippen LogP contribution < -0.4 is 0 Å². The number of aromatic nitrogens is 2. The normalized spacial score (nSPS) is 17.9. The maximum atomic E-state index is 6.04. The highest BCUT2D eigenvalue weighted by atomic mass is 35.5. The summed E-state index contributed by atoms with van der Waals surface area (Å²) >= 11 is 11.9. The molecule has 3 rings (SSSR count). The lowest BCUT2D eigenvalue weighted by molar-refractivity contribution is 0.170. The first-order valence-corrected chi connectivity index (χ1v) is 7.29. The second-order valence-electron chi connectivity index (χ2n) is 5.29. The standard InChI is InChI=1S/C14H16Cl2N2/c1-14(6-2-7-14)18-12-4-3-10(16)9-11(12)17-13(18)5-8-15/h3-4,9H,2,5-8H2,1H3. The number of fused-ring (bicyclic) bond motifs is 1. The van der Waals surface area contributed by atoms with Crippen LogP contribution in [0.15, 0.2) is 18.2 Å². The summed E-state index contributed by atoms with van der Waals surface area (Å²) in [4.78, 5) is 4.71. The molecule has 0 aliphatic heterocycles. The van der Waals surface area contributed by atoms with Crippen LogP contribution in [0.5, 0.6) is 0 Å². The van der Waals surface area contributed by atoms with Crippen molar-refractivity contribution >= 4 is 34.2 Å². The average molecular weight is 283 g/mol. The number of halogens is 2. The molecule has 4 heteroatoms. The molecule has 0 amide bonds. The molecule has 18 heavy (non-hydrogen) atoms. The molecule has 1 aromatic carbocycles. The van der Waals surface area contributed by atoms with E-state index in [-0.39, 0.29) is 5.54 Å². The Morgan fingerprint density at radius 1 is 1.39 bits per heavy atom. The molecule has 1 aliphatic rings. The first-order valence-electron chi connectivity index (χ1n) is 6.37. The third kappa shape index (κ3) is 1.83. The molecule has 0 unspecified atom stereocenters. The van der Waals surface area contributed by atoms with Gasteiger partial charge in [-0.05, 0) is 44.4 Å². The minimum Gasteiger partial charge on any atom is -0.322 e. The Morgan fingerprint density at radius 2 is 2.17 bits per heavy atom. The Hall–Kier alpha value is -0.730. The molecule has 1 heterocycles. The Kier molecular flexibility index (Phi) is 3.03. The Balaban J connectivity index is 2.21. The maximum absolute atomic E-state index is 6.04. The van der Waals surface area contributed by atoms with Gasteiger partial charge in [-0.25, -0.2) is 4.98 Å². The van der Waals surface area contributed by atoms with Crippen molar-refractivity contribution in [2.75, 3.05) is 5.88 Å². The van der Waals surface area contributed by atoms with Gasteiger partial charge >= 0.3 is 0 Å². The van der Waals surface area contributed by atoms with Gasteiger partial charge in [0.25, 0.3) is 0 Å². The zero-order valence-electron chi connectivity index (χ0n) is 10.4. The van der Waals surface area contributed by atoms with Crippen molar-refractivity contribution < 1.29 is 0 Å². The monoisotopic (exact) mass is 282 g/mol. The number of aryl methyl sites for hydroxylation is 1. The minimum absolute atomic E-state index is 0.212. The molecular formula is C14H16Cl2N2. The molecule has 1 aromatic heterocycles. The van der Waals surface area contributed by atoms with Crippen LogP contribution in [0.4, 0.5) is 0 Å². The Bertz CT molecular complexity index is 585. The van der Waals surface area contributed by atoms with E-state index in [1.54, 1.807) is 0 Å². The Morgan fingerprint density at radius 3 is 2.78 bits per heavy atom. The van der Waals surface area contributed by atoms with E-state index in [0.717, 1.165) is 22.8 Å². The van der Waals surface area contributed by atoms with Gasteiger partial charge in [0.2, 0.25) is 0 Å². The van der Waals surface area contributed by atoms with Gasteiger partial charge in [0.15, 0.2) is 0 Å². The average Bonchev–Trinajstić information content (AvgIpc) is 2.64. The highest BCUT2D eigenvalue weighted by molar-refractivity contribution is 6.31. The van der Waals surface area contributed by atoms with E-state index in [9.17, 15) is 0 Å². The predicted molar refractivity (Wildman–Crippen MR) is 76.7 cm³/mol. The first kappa shape index (κ1) is 12.3. The molecule has 2 aromatic rings. The van der Waals surface area contributed by atoms with Gasteiger partial charge in [0, 0.05) is 22.9 Å². The van der Waals surface area contributed by atoms with Gasteiger partial charge in [0.05, 0.1) is 11.0 Å². The van der Waals surface area contributed by atoms with Crippen LogP contribution in [0.3, 0.4) is 0 Å². The third-order valence-electron chi connectivity index (χ3n) is 3.97. The Labute approximate surface area is 117 Å². The van der Waals surface area contributed by atoms with Crippen LogP contribution in [-0.2, 0) is 12.0 Å². The topological polar surface area (TPSA) is 17.8 Å². The number of nitrogens with zero attached hydrogens (tertiary/aromatic N) is 2. The lowest BCUT2D eigenvalue weighted by Crippen LogP contribution is -2.38. The van der Waals surface area contributed by atoms with Crippen LogP contribution in [0.1, 0.15) is 32.0 Å². The second kappa shape index (κ2) is 4.43. The second-order valence-corrected chi connectivity index (χ2v) is 6.10. The molecule has 0 spiro atoms. The highest BCUT2D eigenvalue weighted by Crippen LogP contribution is 2.42. The summed E-state index contributed by atoms with van der Waals surface area (Å²) in [5, 5.41) is 0.739. The quantitative estimate of drug-likeness (QED) is 0.765. The maximum Gasteiger partial charge on any atom is 0.111 e. The summed E-state index contributed by atoms with van der Waals surface area (Å²) in [5.41, 5.74) is 2.38. The first-order chi connectivity index (χ1) is 8.64. The van der Waals surface area contributed by atoms with Crippen LogP contribution in [0, 0.1) is 0 Å². The number of alkyl halides is 1. The summed E-state index contributed by atoms with van der Waals surface area (Å²) in [6.45, 7) is 2.31. The molecule has 0 atom stereocenters. The van der Waals surface area contributed by atoms with Gasteiger partial charge in [-0.2, -0.15) is 0 Å². The van der Waals surface area contributed by atoms with Crippen molar-refractivity contribution in [1.29, 1.82) is 0 Å². The van der Waals surface area contributed by atoms with Gasteiger partial charge in [-0.15, -0.1) is 11.6 Å². The number of hydrogen-bond donors (Lipinski definition) is 0. The molecule has 1 saturated carbocycles. The number of benzene rings is 1. The van der Waals surface area contributed by atoms with Gasteiger partial charge in [-0.1, -0.05) is 11.6 Å². The summed E-state index contributed by atoms with van der Waals surface area (Å²) < 4.78 is 2.38. The van der Waals surface area contributed by atoms with E-state index in [1.165, 1.54) is 24.8 Å². The zero-order valence-corrected chi connectivity index (χ0v) is 11.9. The molecular weight excluding hydrogens is 267 g/mol. The number of imidazole rings is 1. The van der Waals surface area contributed by atoms with Crippen molar-refractivity contribution in [3.05, 3.63) is 29.0 Å². The molecule has 1 aliphatic carbocycles. The van der Waals surface area contributed by atoms with E-state index in [0.29, 0.717) is 5.88 Å². The van der Waals surface area contributed by atoms with Gasteiger partial charge in [-0.3, -0.25) is 0 Å². The van der Waals surface area contributed by atoms with Crippen molar-refractivity contribution in [3.8, 4) is 0 Å². The van der Waals surface area contributed by atoms with Gasteiger partial charge < -0.3 is 4.57 Å². The summed E-state index contributed by atoms with van der Waals surface area (Å²) in [7, 11) is 0. The predicted octanol–water partition coefficient (Wildman–Crippen LogP) is 4.37. The molecule has 2 nitrogen and oxygen atoms in total. The lowest BCUT2D eigenvalue weighted by Gasteiger charge is -2.41. The molecule has 1 fully saturated rings. The number of rotatable bonds is 3. The molecule has 0 N–H and O–H groups in total. The van der Waals surface area contributed by atoms with E-state index >= 15 is 0 Å². The van der Waals surface area contributed by atoms with E-state index in [1.807, 2.05) is 12.1 Å². The lowest BCUT2D eigenvalue weighted by atomic mass is 9.78. The smallest absolute Gasteiger partial charge is 0.111 e. The van der Waals surface area contributed by atoms with E-state index < -0.39 is 0 Å². The van der Waals surface area contributed by atoms with E-state index in [2.05, 4.69) is 17.6 Å². The molecule has 96 valence electrons. The fraction of sp³-hybridized carbons (Fsp3) is 0.500. The largest absolute Gasteiger partial charge is 0.322 e. The van der Waals surface area contributed by atoms with Crippen LogP contribution >= 0.6 is 23.2 Å². The fourth-order valence-corrected chi connectivity index (χ4v) is 3.21. The SMILES string of the molecule is CC1(n2c(CCCl)nc3cc(Cl)ccc32)CCC1. The molecule has 0 bridgehead atoms. The highest BCUT2D eigenvalue weighted by Gasteiger charge is 2.36. The van der Waals surface area contributed by atoms with Crippen LogP contribution in [0.25, 0.3) is 11.0 Å². The summed E-state index contributed by atoms with van der Waals surface area (Å²) in [6.07, 6.45) is 4.54. The molecule has 0 saturated heterocycles. The van der Waals surface area contributed by atoms with Crippen molar-refractivity contribution in [1.82, 2.24) is 9.55 Å². The molecule has 0 radical (unpaired) electrons. The minimum atomic E-state index is 0.212. The van der Waals surface area contributed by atoms with Crippen molar-refractivity contribution in [3.63, 3.8) is 0 Å². The zero-order chi connectivity index (χ0) is 12.8. The summed E-state index contributed by atoms with van der Waals surface area (Å²) in [6, 6.07) is 5.95. The van der Waals surface area contributed by atoms with Crippen molar-refractivity contribution in [2.45, 2.75) is 38.1 Å². The van der Waals surface area contributed by atoms with Gasteiger partial charge in [0.1, 0.15) is 5.82 Å². The summed E-state index contributed by atoms with van der Waals surface area (Å²) in [5.74, 6) is 1.69.